The zero-order valence-corrected chi connectivity index (χ0v) is 23.8. The molecule has 2 fully saturated rings. The molecule has 0 N–H and O–H groups in total. The van der Waals surface area contributed by atoms with Gasteiger partial charge in [-0.15, -0.1) is 0 Å². The molecule has 2 aliphatic rings. The molecule has 0 spiro atoms. The van der Waals surface area contributed by atoms with Crippen molar-refractivity contribution in [3.63, 3.8) is 0 Å². The standard InChI is InChI=1S/C33H36F6N2O2/c34-32(35,36)28-20-26(21-29(22-28)33(37,38)39)23-43-31-30(27-9-5-2-6-10-27)41(17-18-42-31)16-15-40-13-11-25(12-14-40)19-24-7-3-1-4-8-24/h1-10,20-22,25,30-31H,11-19,23H2. The first-order chi connectivity index (χ1) is 20.6. The van der Waals surface area contributed by atoms with Crippen molar-refractivity contribution in [3.8, 4) is 0 Å². The van der Waals surface area contributed by atoms with E-state index in [0.29, 0.717) is 31.2 Å². The van der Waals surface area contributed by atoms with Crippen molar-refractivity contribution in [1.29, 1.82) is 0 Å². The molecule has 10 heteroatoms. The van der Waals surface area contributed by atoms with Gasteiger partial charge >= 0.3 is 12.4 Å². The fourth-order valence-corrected chi connectivity index (χ4v) is 6.01. The lowest BCUT2D eigenvalue weighted by Crippen LogP contribution is -2.49. The predicted molar refractivity (Wildman–Crippen MR) is 151 cm³/mol. The second-order valence-electron chi connectivity index (χ2n) is 11.3. The zero-order valence-electron chi connectivity index (χ0n) is 23.8. The van der Waals surface area contributed by atoms with Crippen molar-refractivity contribution in [1.82, 2.24) is 9.80 Å². The van der Waals surface area contributed by atoms with E-state index in [1.54, 1.807) is 0 Å². The SMILES string of the molecule is FC(F)(F)c1cc(COC2OCCN(CCN3CCC(Cc4ccccc4)CC3)C2c2ccccc2)cc(C(F)(F)F)c1. The summed E-state index contributed by atoms with van der Waals surface area (Å²) in [6.45, 7) is 4.10. The first kappa shape index (κ1) is 31.5. The van der Waals surface area contributed by atoms with Crippen LogP contribution < -0.4 is 0 Å². The van der Waals surface area contributed by atoms with E-state index in [4.69, 9.17) is 9.47 Å². The lowest BCUT2D eigenvalue weighted by atomic mass is 9.90. The molecule has 0 radical (unpaired) electrons. The summed E-state index contributed by atoms with van der Waals surface area (Å²) in [6, 6.07) is 21.2. The minimum atomic E-state index is -4.92. The van der Waals surface area contributed by atoms with Gasteiger partial charge in [-0.3, -0.25) is 4.90 Å². The quantitative estimate of drug-likeness (QED) is 0.234. The third kappa shape index (κ3) is 8.59. The number of alkyl halides is 6. The Balaban J connectivity index is 1.24. The maximum Gasteiger partial charge on any atom is 0.416 e. The van der Waals surface area contributed by atoms with Crippen molar-refractivity contribution in [2.75, 3.05) is 39.3 Å². The highest BCUT2D eigenvalue weighted by Gasteiger charge is 2.38. The Labute approximate surface area is 248 Å². The van der Waals surface area contributed by atoms with Gasteiger partial charge in [-0.2, -0.15) is 26.3 Å². The van der Waals surface area contributed by atoms with Gasteiger partial charge in [0.15, 0.2) is 6.29 Å². The normalized spacial score (nSPS) is 21.3. The van der Waals surface area contributed by atoms with Crippen LogP contribution in [0.2, 0.25) is 0 Å². The van der Waals surface area contributed by atoms with Crippen molar-refractivity contribution in [3.05, 3.63) is 107 Å². The average Bonchev–Trinajstić information content (AvgIpc) is 2.99. The molecule has 4 nitrogen and oxygen atoms in total. The molecule has 5 rings (SSSR count). The summed E-state index contributed by atoms with van der Waals surface area (Å²) < 4.78 is 92.2. The van der Waals surface area contributed by atoms with Gasteiger partial charge in [-0.25, -0.2) is 0 Å². The molecular formula is C33H36F6N2O2. The smallest absolute Gasteiger partial charge is 0.349 e. The summed E-state index contributed by atoms with van der Waals surface area (Å²) >= 11 is 0. The highest BCUT2D eigenvalue weighted by Crippen LogP contribution is 2.37. The molecule has 3 aromatic rings. The molecule has 2 atom stereocenters. The lowest BCUT2D eigenvalue weighted by molar-refractivity contribution is -0.216. The maximum atomic E-state index is 13.4. The van der Waals surface area contributed by atoms with E-state index in [1.165, 1.54) is 5.56 Å². The number of nitrogens with zero attached hydrogens (tertiary/aromatic N) is 2. The Morgan fingerprint density at radius 2 is 1.33 bits per heavy atom. The summed E-state index contributed by atoms with van der Waals surface area (Å²) in [7, 11) is 0. The van der Waals surface area contributed by atoms with Crippen LogP contribution in [0.1, 0.15) is 46.7 Å². The molecule has 3 aromatic carbocycles. The monoisotopic (exact) mass is 606 g/mol. The van der Waals surface area contributed by atoms with Crippen molar-refractivity contribution in [2.45, 2.75) is 50.6 Å². The summed E-state index contributed by atoms with van der Waals surface area (Å²) in [5, 5.41) is 0. The molecule has 0 amide bonds. The predicted octanol–water partition coefficient (Wildman–Crippen LogP) is 7.60. The largest absolute Gasteiger partial charge is 0.416 e. The Morgan fingerprint density at radius 3 is 1.93 bits per heavy atom. The number of rotatable bonds is 9. The van der Waals surface area contributed by atoms with Crippen LogP contribution in [-0.2, 0) is 34.9 Å². The molecule has 0 aromatic heterocycles. The Hall–Kier alpha value is -2.92. The first-order valence-corrected chi connectivity index (χ1v) is 14.6. The lowest BCUT2D eigenvalue weighted by Gasteiger charge is -2.42. The molecule has 2 aliphatic heterocycles. The molecule has 2 unspecified atom stereocenters. The summed E-state index contributed by atoms with van der Waals surface area (Å²) in [6.07, 6.45) is -7.36. The van der Waals surface area contributed by atoms with E-state index in [0.717, 1.165) is 51.0 Å². The topological polar surface area (TPSA) is 24.9 Å². The summed E-state index contributed by atoms with van der Waals surface area (Å²) in [4.78, 5) is 4.70. The maximum absolute atomic E-state index is 13.4. The molecule has 2 heterocycles. The van der Waals surface area contributed by atoms with Gasteiger partial charge in [-0.1, -0.05) is 60.7 Å². The van der Waals surface area contributed by atoms with Crippen LogP contribution in [0.5, 0.6) is 0 Å². The van der Waals surface area contributed by atoms with Gasteiger partial charge in [0.25, 0.3) is 0 Å². The molecule has 0 aliphatic carbocycles. The van der Waals surface area contributed by atoms with E-state index >= 15 is 0 Å². The van der Waals surface area contributed by atoms with Gasteiger partial charge in [-0.05, 0) is 73.2 Å². The van der Waals surface area contributed by atoms with Gasteiger partial charge in [0.1, 0.15) is 0 Å². The number of hydrogen-bond acceptors (Lipinski definition) is 4. The highest BCUT2D eigenvalue weighted by atomic mass is 19.4. The number of likely N-dealkylation sites (tertiary alicyclic amines) is 1. The Kier molecular flexibility index (Phi) is 10.1. The number of ether oxygens (including phenoxy) is 2. The summed E-state index contributed by atoms with van der Waals surface area (Å²) in [5.41, 5.74) is -0.661. The third-order valence-electron chi connectivity index (χ3n) is 8.29. The minimum Gasteiger partial charge on any atom is -0.349 e. The molecule has 0 bridgehead atoms. The Morgan fingerprint density at radius 1 is 0.721 bits per heavy atom. The molecule has 43 heavy (non-hydrogen) atoms. The van der Waals surface area contributed by atoms with E-state index in [9.17, 15) is 26.3 Å². The van der Waals surface area contributed by atoms with Crippen LogP contribution in [0.4, 0.5) is 26.3 Å². The van der Waals surface area contributed by atoms with Crippen LogP contribution in [0.3, 0.4) is 0 Å². The van der Waals surface area contributed by atoms with E-state index in [-0.39, 0.29) is 17.7 Å². The van der Waals surface area contributed by atoms with Crippen LogP contribution in [0, 0.1) is 5.92 Å². The third-order valence-corrected chi connectivity index (χ3v) is 8.29. The van der Waals surface area contributed by atoms with E-state index in [1.807, 2.05) is 36.4 Å². The van der Waals surface area contributed by atoms with Gasteiger partial charge in [0, 0.05) is 19.6 Å². The van der Waals surface area contributed by atoms with E-state index < -0.39 is 36.4 Å². The Bertz CT molecular complexity index is 1260. The van der Waals surface area contributed by atoms with Crippen molar-refractivity contribution < 1.29 is 35.8 Å². The second-order valence-corrected chi connectivity index (χ2v) is 11.3. The van der Waals surface area contributed by atoms with Gasteiger partial charge in [0.2, 0.25) is 0 Å². The molecular weight excluding hydrogens is 570 g/mol. The second kappa shape index (κ2) is 13.8. The fraction of sp³-hybridized carbons (Fsp3) is 0.455. The van der Waals surface area contributed by atoms with E-state index in [2.05, 4.69) is 34.1 Å². The molecule has 0 saturated carbocycles. The van der Waals surface area contributed by atoms with Crippen LogP contribution in [-0.4, -0.2) is 55.4 Å². The number of hydrogen-bond donors (Lipinski definition) is 0. The minimum absolute atomic E-state index is 0.125. The van der Waals surface area contributed by atoms with Gasteiger partial charge < -0.3 is 14.4 Å². The van der Waals surface area contributed by atoms with Crippen LogP contribution >= 0.6 is 0 Å². The van der Waals surface area contributed by atoms with Crippen LogP contribution in [0.25, 0.3) is 0 Å². The van der Waals surface area contributed by atoms with Crippen molar-refractivity contribution in [2.24, 2.45) is 5.92 Å². The van der Waals surface area contributed by atoms with Crippen molar-refractivity contribution >= 4 is 0 Å². The first-order valence-electron chi connectivity index (χ1n) is 14.6. The van der Waals surface area contributed by atoms with Gasteiger partial charge in [0.05, 0.1) is 30.4 Å². The fourth-order valence-electron chi connectivity index (χ4n) is 6.01. The molecule has 232 valence electrons. The van der Waals surface area contributed by atoms with Crippen LogP contribution in [0.15, 0.2) is 78.9 Å². The zero-order chi connectivity index (χ0) is 30.5. The number of morpholine rings is 1. The molecule has 2 saturated heterocycles. The highest BCUT2D eigenvalue weighted by molar-refractivity contribution is 5.33. The number of benzene rings is 3. The number of halogens is 6. The summed E-state index contributed by atoms with van der Waals surface area (Å²) in [5.74, 6) is 0.658. The average molecular weight is 607 g/mol. The number of piperidine rings is 1.